The largest absolute Gasteiger partial charge is 0.408 e. The molecule has 3 rings (SSSR count). The van der Waals surface area contributed by atoms with Gasteiger partial charge in [0.2, 0.25) is 0 Å². The zero-order valence-corrected chi connectivity index (χ0v) is 11.9. The Bertz CT molecular complexity index is 600. The number of carbonyl (C=O) groups excluding carboxylic acids is 1. The van der Waals surface area contributed by atoms with E-state index in [1.807, 2.05) is 30.3 Å². The number of nitrogens with one attached hydrogen (secondary N) is 1. The Morgan fingerprint density at radius 2 is 2.00 bits per heavy atom. The molecule has 1 amide bonds. The number of hydrazone groups is 1. The molecule has 0 saturated carbocycles. The van der Waals surface area contributed by atoms with Crippen LogP contribution >= 0.6 is 0 Å². The van der Waals surface area contributed by atoms with Gasteiger partial charge in [0.05, 0.1) is 5.71 Å². The summed E-state index contributed by atoms with van der Waals surface area (Å²) in [6.07, 6.45) is -3.59. The van der Waals surface area contributed by atoms with Gasteiger partial charge < -0.3 is 5.32 Å². The van der Waals surface area contributed by atoms with Crippen LogP contribution < -0.4 is 5.32 Å². The van der Waals surface area contributed by atoms with E-state index in [0.717, 1.165) is 5.56 Å². The lowest BCUT2D eigenvalue weighted by molar-refractivity contribution is -0.163. The first-order chi connectivity index (χ1) is 10.4. The highest BCUT2D eigenvalue weighted by molar-refractivity contribution is 6.13. The van der Waals surface area contributed by atoms with Gasteiger partial charge in [-0.3, -0.25) is 4.79 Å². The van der Waals surface area contributed by atoms with Gasteiger partial charge in [0.25, 0.3) is 5.91 Å². The number of carbonyl (C=O) groups is 1. The molecule has 0 aromatic heterocycles. The molecule has 7 heteroatoms. The standard InChI is InChI=1S/C15H16F3N3O/c16-15(17,18)10-21-13(22)14(8-11-4-2-1-3-5-11)9-19-7-6-12(14)20-21/h1-5,19H,6-10H2. The number of alkyl halides is 3. The molecule has 0 spiro atoms. The summed E-state index contributed by atoms with van der Waals surface area (Å²) in [7, 11) is 0. The van der Waals surface area contributed by atoms with Gasteiger partial charge in [-0.2, -0.15) is 18.3 Å². The fourth-order valence-electron chi connectivity index (χ4n) is 3.09. The Morgan fingerprint density at radius 1 is 1.27 bits per heavy atom. The minimum atomic E-state index is -4.45. The molecule has 0 bridgehead atoms. The van der Waals surface area contributed by atoms with E-state index in [1.165, 1.54) is 0 Å². The second kappa shape index (κ2) is 5.39. The van der Waals surface area contributed by atoms with E-state index in [1.54, 1.807) is 0 Å². The van der Waals surface area contributed by atoms with E-state index in [9.17, 15) is 18.0 Å². The fourth-order valence-corrected chi connectivity index (χ4v) is 3.09. The van der Waals surface area contributed by atoms with E-state index in [2.05, 4.69) is 10.4 Å². The molecule has 0 aliphatic carbocycles. The molecular weight excluding hydrogens is 295 g/mol. The van der Waals surface area contributed by atoms with Crippen molar-refractivity contribution in [3.05, 3.63) is 35.9 Å². The first-order valence-electron chi connectivity index (χ1n) is 7.12. The van der Waals surface area contributed by atoms with Crippen molar-refractivity contribution in [2.24, 2.45) is 10.5 Å². The monoisotopic (exact) mass is 311 g/mol. The van der Waals surface area contributed by atoms with E-state index in [-0.39, 0.29) is 0 Å². The predicted molar refractivity (Wildman–Crippen MR) is 75.3 cm³/mol. The topological polar surface area (TPSA) is 44.7 Å². The third kappa shape index (κ3) is 2.72. The van der Waals surface area contributed by atoms with Crippen LogP contribution in [0.15, 0.2) is 35.4 Å². The van der Waals surface area contributed by atoms with Gasteiger partial charge >= 0.3 is 6.18 Å². The van der Waals surface area contributed by atoms with Gasteiger partial charge in [0.15, 0.2) is 0 Å². The lowest BCUT2D eigenvalue weighted by atomic mass is 9.74. The summed E-state index contributed by atoms with van der Waals surface area (Å²) in [6.45, 7) is -0.373. The molecule has 2 aliphatic rings. The number of benzene rings is 1. The molecule has 22 heavy (non-hydrogen) atoms. The number of rotatable bonds is 3. The van der Waals surface area contributed by atoms with Crippen LogP contribution in [0.1, 0.15) is 12.0 Å². The van der Waals surface area contributed by atoms with Gasteiger partial charge in [0, 0.05) is 19.5 Å². The Labute approximate surface area is 126 Å². The highest BCUT2D eigenvalue weighted by Gasteiger charge is 2.53. The van der Waals surface area contributed by atoms with Gasteiger partial charge in [-0.05, 0) is 12.0 Å². The SMILES string of the molecule is O=C1N(CC(F)(F)F)N=C2CCNCC12Cc1ccccc1. The Morgan fingerprint density at radius 3 is 2.68 bits per heavy atom. The van der Waals surface area contributed by atoms with Crippen LogP contribution in [0.3, 0.4) is 0 Å². The zero-order chi connectivity index (χ0) is 15.8. The lowest BCUT2D eigenvalue weighted by Gasteiger charge is -2.33. The molecule has 1 unspecified atom stereocenters. The quantitative estimate of drug-likeness (QED) is 0.927. The number of halogens is 3. The highest BCUT2D eigenvalue weighted by atomic mass is 19.4. The zero-order valence-electron chi connectivity index (χ0n) is 11.9. The summed E-state index contributed by atoms with van der Waals surface area (Å²) in [6, 6.07) is 9.32. The van der Waals surface area contributed by atoms with Gasteiger partial charge in [0.1, 0.15) is 12.0 Å². The van der Waals surface area contributed by atoms with E-state index < -0.39 is 24.0 Å². The molecule has 1 fully saturated rings. The number of hydrogen-bond acceptors (Lipinski definition) is 3. The van der Waals surface area contributed by atoms with Crippen molar-refractivity contribution in [2.75, 3.05) is 19.6 Å². The molecule has 4 nitrogen and oxygen atoms in total. The Balaban J connectivity index is 1.90. The number of amides is 1. The van der Waals surface area contributed by atoms with Gasteiger partial charge in [-0.1, -0.05) is 30.3 Å². The molecule has 1 N–H and O–H groups in total. The highest BCUT2D eigenvalue weighted by Crippen LogP contribution is 2.37. The van der Waals surface area contributed by atoms with Crippen LogP contribution in [0.25, 0.3) is 0 Å². The lowest BCUT2D eigenvalue weighted by Crippen LogP contribution is -2.53. The summed E-state index contributed by atoms with van der Waals surface area (Å²) in [5, 5.41) is 7.70. The Kier molecular flexibility index (Phi) is 3.68. The molecule has 118 valence electrons. The first-order valence-corrected chi connectivity index (χ1v) is 7.12. The van der Waals surface area contributed by atoms with Crippen LogP contribution in [0, 0.1) is 5.41 Å². The smallest absolute Gasteiger partial charge is 0.315 e. The first kappa shape index (κ1) is 15.0. The van der Waals surface area contributed by atoms with E-state index in [0.29, 0.717) is 36.7 Å². The summed E-state index contributed by atoms with van der Waals surface area (Å²) in [4.78, 5) is 12.6. The van der Waals surface area contributed by atoms with Crippen molar-refractivity contribution in [3.63, 3.8) is 0 Å². The molecular formula is C15H16F3N3O. The van der Waals surface area contributed by atoms with Crippen molar-refractivity contribution >= 4 is 11.6 Å². The van der Waals surface area contributed by atoms with E-state index in [4.69, 9.17) is 0 Å². The maximum Gasteiger partial charge on any atom is 0.408 e. The molecule has 2 heterocycles. The second-order valence-corrected chi connectivity index (χ2v) is 5.70. The Hall–Kier alpha value is -1.89. The van der Waals surface area contributed by atoms with Crippen molar-refractivity contribution in [3.8, 4) is 0 Å². The third-order valence-electron chi connectivity index (χ3n) is 4.08. The summed E-state index contributed by atoms with van der Waals surface area (Å²) >= 11 is 0. The average molecular weight is 311 g/mol. The number of piperidine rings is 1. The minimum Gasteiger partial charge on any atom is -0.315 e. The molecule has 0 radical (unpaired) electrons. The average Bonchev–Trinajstić information content (AvgIpc) is 2.72. The van der Waals surface area contributed by atoms with Crippen molar-refractivity contribution in [1.82, 2.24) is 10.3 Å². The normalized spacial score (nSPS) is 25.1. The van der Waals surface area contributed by atoms with Crippen LogP contribution in [0.4, 0.5) is 13.2 Å². The molecule has 1 aromatic rings. The minimum absolute atomic E-state index is 0.327. The maximum atomic E-state index is 12.6. The van der Waals surface area contributed by atoms with Crippen molar-refractivity contribution < 1.29 is 18.0 Å². The molecule has 1 atom stereocenters. The van der Waals surface area contributed by atoms with Crippen LogP contribution in [-0.2, 0) is 11.2 Å². The summed E-state index contributed by atoms with van der Waals surface area (Å²) in [5.74, 6) is -0.559. The third-order valence-corrected chi connectivity index (χ3v) is 4.08. The van der Waals surface area contributed by atoms with E-state index >= 15 is 0 Å². The van der Waals surface area contributed by atoms with Crippen LogP contribution in [-0.4, -0.2) is 42.4 Å². The van der Waals surface area contributed by atoms with Crippen LogP contribution in [0.2, 0.25) is 0 Å². The predicted octanol–water partition coefficient (Wildman–Crippen LogP) is 1.97. The fraction of sp³-hybridized carbons (Fsp3) is 0.467. The second-order valence-electron chi connectivity index (χ2n) is 5.70. The summed E-state index contributed by atoms with van der Waals surface area (Å²) < 4.78 is 37.9. The molecule has 1 saturated heterocycles. The summed E-state index contributed by atoms with van der Waals surface area (Å²) in [5.41, 5.74) is 0.496. The molecule has 1 aromatic carbocycles. The van der Waals surface area contributed by atoms with Gasteiger partial charge in [-0.15, -0.1) is 0 Å². The maximum absolute atomic E-state index is 12.6. The number of hydrogen-bond donors (Lipinski definition) is 1. The molecule has 2 aliphatic heterocycles. The van der Waals surface area contributed by atoms with Crippen LogP contribution in [0.5, 0.6) is 0 Å². The van der Waals surface area contributed by atoms with Crippen molar-refractivity contribution in [2.45, 2.75) is 19.0 Å². The number of fused-ring (bicyclic) bond motifs is 1. The van der Waals surface area contributed by atoms with Gasteiger partial charge in [-0.25, -0.2) is 5.01 Å². The van der Waals surface area contributed by atoms with Crippen molar-refractivity contribution in [1.29, 1.82) is 0 Å². The number of nitrogens with zero attached hydrogens (tertiary/aromatic N) is 2.